The fraction of sp³-hybridized carbons (Fsp3) is 0.178. The van der Waals surface area contributed by atoms with Crippen molar-refractivity contribution in [3.63, 3.8) is 0 Å². The summed E-state index contributed by atoms with van der Waals surface area (Å²) in [5.74, 6) is 1.80. The third-order valence-corrected chi connectivity index (χ3v) is 11.1. The number of tetrazole rings is 1. The molecule has 8 aromatic rings. The first kappa shape index (κ1) is 33.1. The van der Waals surface area contributed by atoms with Gasteiger partial charge in [-0.3, -0.25) is 0 Å². The molecule has 3 aromatic heterocycles. The van der Waals surface area contributed by atoms with Crippen molar-refractivity contribution in [3.8, 4) is 22.5 Å². The van der Waals surface area contributed by atoms with E-state index in [2.05, 4.69) is 179 Å². The van der Waals surface area contributed by atoms with Gasteiger partial charge >= 0.3 is 0 Å². The maximum Gasteiger partial charge on any atom is 0.184 e. The number of pyridine rings is 1. The lowest BCUT2D eigenvalue weighted by molar-refractivity contribution is 0.451. The average molecular weight is 757 g/mol. The molecule has 1 aliphatic carbocycles. The molecule has 3 heterocycles. The third kappa shape index (κ3) is 5.51. The summed E-state index contributed by atoms with van der Waals surface area (Å²) >= 11 is 3.65. The first-order chi connectivity index (χ1) is 26.1. The molecule has 0 bridgehead atoms. The van der Waals surface area contributed by atoms with Crippen molar-refractivity contribution >= 4 is 27.1 Å². The second-order valence-corrected chi connectivity index (χ2v) is 14.6. The van der Waals surface area contributed by atoms with Crippen LogP contribution in [0.1, 0.15) is 65.0 Å². The van der Waals surface area contributed by atoms with E-state index in [-0.39, 0.29) is 6.04 Å². The standard InChI is InChI=1S/C45H38BrN7/c1-3-15-41-48-42-30(2)28-40(46)47-44(42)52(41)39-27-25-32-29-31(24-26-37(32)39)36-22-13-14-23-38(36)43-49-50-51-53(43)45(33-16-7-4-8-17-33,34-18-9-5-10-19-34)35-20-11-6-12-21-35/h4-14,16-24,26,28-29,39H,3,15,25,27H2,1-2H3/t39-/m0/s1. The number of fused-ring (bicyclic) bond motifs is 2. The van der Waals surface area contributed by atoms with Crippen LogP contribution in [0.2, 0.25) is 0 Å². The largest absolute Gasteiger partial charge is 0.305 e. The van der Waals surface area contributed by atoms with Crippen LogP contribution < -0.4 is 0 Å². The van der Waals surface area contributed by atoms with Crippen LogP contribution in [0, 0.1) is 6.92 Å². The predicted molar refractivity (Wildman–Crippen MR) is 214 cm³/mol. The Balaban J connectivity index is 1.19. The first-order valence-corrected chi connectivity index (χ1v) is 19.1. The van der Waals surface area contributed by atoms with Gasteiger partial charge in [0.2, 0.25) is 0 Å². The summed E-state index contributed by atoms with van der Waals surface area (Å²) in [4.78, 5) is 10.1. The van der Waals surface area contributed by atoms with E-state index < -0.39 is 5.54 Å². The number of aryl methyl sites for hydroxylation is 3. The maximum absolute atomic E-state index is 5.12. The number of hydrogen-bond donors (Lipinski definition) is 0. The Kier molecular flexibility index (Phi) is 8.55. The minimum absolute atomic E-state index is 0.178. The number of aromatic nitrogens is 7. The second kappa shape index (κ2) is 13.7. The molecule has 8 heteroatoms. The van der Waals surface area contributed by atoms with Gasteiger partial charge in [0.25, 0.3) is 0 Å². The van der Waals surface area contributed by atoms with Crippen molar-refractivity contribution in [3.05, 3.63) is 183 Å². The van der Waals surface area contributed by atoms with Crippen LogP contribution in [0.15, 0.2) is 144 Å². The summed E-state index contributed by atoms with van der Waals surface area (Å²) in [6, 6.07) is 49.3. The summed E-state index contributed by atoms with van der Waals surface area (Å²) in [6.07, 6.45) is 3.92. The topological polar surface area (TPSA) is 74.3 Å². The highest BCUT2D eigenvalue weighted by Crippen LogP contribution is 2.45. The lowest BCUT2D eigenvalue weighted by Gasteiger charge is -2.36. The van der Waals surface area contributed by atoms with Crippen molar-refractivity contribution in [2.75, 3.05) is 0 Å². The van der Waals surface area contributed by atoms with Gasteiger partial charge in [0.15, 0.2) is 11.5 Å². The Bertz CT molecular complexity index is 2460. The van der Waals surface area contributed by atoms with E-state index >= 15 is 0 Å². The van der Waals surface area contributed by atoms with Crippen LogP contribution in [0.25, 0.3) is 33.7 Å². The van der Waals surface area contributed by atoms with Crippen LogP contribution in [-0.2, 0) is 18.4 Å². The number of nitrogens with zero attached hydrogens (tertiary/aromatic N) is 7. The third-order valence-electron chi connectivity index (χ3n) is 10.7. The van der Waals surface area contributed by atoms with Crippen molar-refractivity contribution in [1.29, 1.82) is 0 Å². The fourth-order valence-electron chi connectivity index (χ4n) is 8.40. The SMILES string of the molecule is CCCc1nc2c(C)cc(Br)nc2n1[C@H]1CCc2cc(-c3ccccc3-c3nnnn3C(c3ccccc3)(c3ccccc3)c3ccccc3)ccc21. The first-order valence-electron chi connectivity index (χ1n) is 18.3. The normalized spacial score (nSPS) is 14.1. The predicted octanol–water partition coefficient (Wildman–Crippen LogP) is 10.2. The van der Waals surface area contributed by atoms with Gasteiger partial charge in [0, 0.05) is 12.0 Å². The minimum Gasteiger partial charge on any atom is -0.305 e. The van der Waals surface area contributed by atoms with E-state index in [1.54, 1.807) is 0 Å². The van der Waals surface area contributed by atoms with Crippen molar-refractivity contribution in [2.24, 2.45) is 0 Å². The molecular formula is C45H38BrN7. The molecule has 0 saturated heterocycles. The molecule has 7 nitrogen and oxygen atoms in total. The molecule has 0 unspecified atom stereocenters. The Labute approximate surface area is 317 Å². The molecular weight excluding hydrogens is 718 g/mol. The summed E-state index contributed by atoms with van der Waals surface area (Å²) in [5, 5.41) is 14.0. The summed E-state index contributed by atoms with van der Waals surface area (Å²) in [5.41, 5.74) is 11.3. The molecule has 5 aromatic carbocycles. The molecule has 0 saturated carbocycles. The molecule has 0 amide bonds. The highest BCUT2D eigenvalue weighted by molar-refractivity contribution is 9.10. The monoisotopic (exact) mass is 755 g/mol. The zero-order chi connectivity index (χ0) is 35.9. The molecule has 1 atom stereocenters. The van der Waals surface area contributed by atoms with E-state index in [0.717, 1.165) is 86.2 Å². The highest BCUT2D eigenvalue weighted by Gasteiger charge is 2.42. The van der Waals surface area contributed by atoms with E-state index in [0.29, 0.717) is 5.82 Å². The van der Waals surface area contributed by atoms with Gasteiger partial charge in [-0.1, -0.05) is 140 Å². The number of halogens is 1. The number of imidazole rings is 1. The van der Waals surface area contributed by atoms with Crippen LogP contribution in [0.3, 0.4) is 0 Å². The van der Waals surface area contributed by atoms with Crippen LogP contribution in [0.5, 0.6) is 0 Å². The minimum atomic E-state index is -0.841. The number of rotatable bonds is 9. The van der Waals surface area contributed by atoms with Crippen LogP contribution >= 0.6 is 15.9 Å². The van der Waals surface area contributed by atoms with Gasteiger partial charge in [0.1, 0.15) is 21.5 Å². The molecule has 9 rings (SSSR count). The fourth-order valence-corrected chi connectivity index (χ4v) is 8.91. The summed E-state index contributed by atoms with van der Waals surface area (Å²) in [6.45, 7) is 4.33. The lowest BCUT2D eigenvalue weighted by Crippen LogP contribution is -2.39. The van der Waals surface area contributed by atoms with Crippen molar-refractivity contribution in [2.45, 2.75) is 51.1 Å². The molecule has 0 N–H and O–H groups in total. The molecule has 53 heavy (non-hydrogen) atoms. The van der Waals surface area contributed by atoms with E-state index in [4.69, 9.17) is 20.3 Å². The van der Waals surface area contributed by atoms with E-state index in [9.17, 15) is 0 Å². The Morgan fingerprint density at radius 1 is 0.736 bits per heavy atom. The van der Waals surface area contributed by atoms with E-state index in [1.165, 1.54) is 11.1 Å². The molecule has 0 spiro atoms. The van der Waals surface area contributed by atoms with Gasteiger partial charge in [0.05, 0.1) is 6.04 Å². The number of benzene rings is 5. The second-order valence-electron chi connectivity index (χ2n) is 13.8. The molecule has 0 fully saturated rings. The average Bonchev–Trinajstić information content (AvgIpc) is 3.94. The quantitative estimate of drug-likeness (QED) is 0.108. The van der Waals surface area contributed by atoms with Gasteiger partial charge in [-0.05, 0) is 103 Å². The van der Waals surface area contributed by atoms with Crippen molar-refractivity contribution < 1.29 is 0 Å². The lowest BCUT2D eigenvalue weighted by atomic mass is 9.77. The Morgan fingerprint density at radius 2 is 1.36 bits per heavy atom. The number of hydrogen-bond acceptors (Lipinski definition) is 5. The van der Waals surface area contributed by atoms with Crippen molar-refractivity contribution in [1.82, 2.24) is 34.7 Å². The van der Waals surface area contributed by atoms with E-state index in [1.807, 2.05) is 4.68 Å². The van der Waals surface area contributed by atoms with Gasteiger partial charge in [-0.25, -0.2) is 14.6 Å². The van der Waals surface area contributed by atoms with Gasteiger partial charge in [-0.15, -0.1) is 5.10 Å². The molecule has 260 valence electrons. The molecule has 0 aliphatic heterocycles. The molecule has 1 aliphatic rings. The zero-order valence-electron chi connectivity index (χ0n) is 29.7. The Morgan fingerprint density at radius 3 is 2.00 bits per heavy atom. The Hall–Kier alpha value is -5.73. The smallest absolute Gasteiger partial charge is 0.184 e. The van der Waals surface area contributed by atoms with Crippen LogP contribution in [-0.4, -0.2) is 34.7 Å². The summed E-state index contributed by atoms with van der Waals surface area (Å²) in [7, 11) is 0. The van der Waals surface area contributed by atoms with Gasteiger partial charge < -0.3 is 4.57 Å². The zero-order valence-corrected chi connectivity index (χ0v) is 31.3. The van der Waals surface area contributed by atoms with Crippen LogP contribution in [0.4, 0.5) is 0 Å². The van der Waals surface area contributed by atoms with Gasteiger partial charge in [-0.2, -0.15) is 0 Å². The summed E-state index contributed by atoms with van der Waals surface area (Å²) < 4.78 is 5.26. The highest BCUT2D eigenvalue weighted by atomic mass is 79.9. The molecule has 0 radical (unpaired) electrons. The maximum atomic E-state index is 5.12.